The minimum Gasteiger partial charge on any atom is -0.456 e. The van der Waals surface area contributed by atoms with E-state index in [1.807, 2.05) is 48.5 Å². The molecule has 4 heteroatoms. The summed E-state index contributed by atoms with van der Waals surface area (Å²) in [5.41, 5.74) is 8.68. The normalized spacial score (nSPS) is 13.4. The van der Waals surface area contributed by atoms with Crippen LogP contribution in [0.3, 0.4) is 0 Å². The summed E-state index contributed by atoms with van der Waals surface area (Å²) in [6.07, 6.45) is 0. The van der Waals surface area contributed by atoms with Crippen LogP contribution in [-0.2, 0) is 0 Å². The Morgan fingerprint density at radius 1 is 0.646 bits per heavy atom. The van der Waals surface area contributed by atoms with Crippen molar-refractivity contribution in [3.63, 3.8) is 0 Å². The summed E-state index contributed by atoms with van der Waals surface area (Å²) in [4.78, 5) is 5.26. The van der Waals surface area contributed by atoms with Gasteiger partial charge in [-0.1, -0.05) is 100 Å². The van der Waals surface area contributed by atoms with E-state index in [4.69, 9.17) is 17.9 Å². The molecule has 0 radical (unpaired) electrons. The lowest BCUT2D eigenvalue weighted by Crippen LogP contribution is -2.10. The minimum absolute atomic E-state index is 0.0837. The zero-order valence-electron chi connectivity index (χ0n) is 30.3. The first-order chi connectivity index (χ1) is 24.6. The Morgan fingerprint density at radius 2 is 1.35 bits per heavy atom. The maximum Gasteiger partial charge on any atom is 0.149 e. The van der Waals surface area contributed by atoms with Gasteiger partial charge in [-0.3, -0.25) is 4.57 Å². The van der Waals surface area contributed by atoms with Crippen molar-refractivity contribution < 1.29 is 12.9 Å². The maximum atomic E-state index is 8.65. The predicted molar refractivity (Wildman–Crippen MR) is 199 cm³/mol. The minimum atomic E-state index is -2.37. The first-order valence-electron chi connectivity index (χ1n) is 18.1. The van der Waals surface area contributed by atoms with Crippen LogP contribution < -0.4 is 0 Å². The molecule has 0 amide bonds. The van der Waals surface area contributed by atoms with Crippen molar-refractivity contribution in [2.45, 2.75) is 46.4 Å². The molecule has 0 fully saturated rings. The van der Waals surface area contributed by atoms with Gasteiger partial charge in [-0.15, -0.1) is 0 Å². The summed E-state index contributed by atoms with van der Waals surface area (Å²) in [7, 11) is 0. The molecule has 0 unspecified atom stereocenters. The van der Waals surface area contributed by atoms with E-state index >= 15 is 0 Å². The van der Waals surface area contributed by atoms with E-state index in [2.05, 4.69) is 86.9 Å². The maximum absolute atomic E-state index is 8.65. The highest BCUT2D eigenvalue weighted by Crippen LogP contribution is 2.44. The van der Waals surface area contributed by atoms with Crippen LogP contribution in [0.2, 0.25) is 0 Å². The van der Waals surface area contributed by atoms with Crippen LogP contribution in [0.4, 0.5) is 0 Å². The summed E-state index contributed by atoms with van der Waals surface area (Å²) in [5, 5.41) is 5.20. The summed E-state index contributed by atoms with van der Waals surface area (Å²) in [5.74, 6) is 1.60. The lowest BCUT2D eigenvalue weighted by Gasteiger charge is -2.24. The second-order valence-corrected chi connectivity index (χ2v) is 13.4. The largest absolute Gasteiger partial charge is 0.456 e. The van der Waals surface area contributed by atoms with Gasteiger partial charge in [0.2, 0.25) is 0 Å². The smallest absolute Gasteiger partial charge is 0.149 e. The Kier molecular flexibility index (Phi) is 5.69. The average molecular weight is 628 g/mol. The van der Waals surface area contributed by atoms with Crippen LogP contribution in [-0.4, -0.2) is 9.55 Å². The van der Waals surface area contributed by atoms with E-state index in [1.165, 1.54) is 0 Å². The van der Waals surface area contributed by atoms with Crippen molar-refractivity contribution in [1.29, 1.82) is 0 Å². The molecular weight excluding hydrogens is 588 g/mol. The van der Waals surface area contributed by atoms with Crippen molar-refractivity contribution in [3.05, 3.63) is 132 Å². The number of fused-ring (bicyclic) bond motifs is 7. The first kappa shape index (κ1) is 25.5. The molecule has 9 aromatic rings. The van der Waals surface area contributed by atoms with Crippen molar-refractivity contribution in [1.82, 2.24) is 9.55 Å². The van der Waals surface area contributed by atoms with Gasteiger partial charge in [0.15, 0.2) is 0 Å². The quantitative estimate of drug-likeness (QED) is 0.191. The van der Waals surface area contributed by atoms with Crippen LogP contribution in [0.5, 0.6) is 0 Å². The van der Waals surface area contributed by atoms with Gasteiger partial charge in [0.25, 0.3) is 0 Å². The van der Waals surface area contributed by atoms with Crippen LogP contribution in [0, 0.1) is 6.85 Å². The third-order valence-corrected chi connectivity index (χ3v) is 9.65. The molecule has 0 aliphatic heterocycles. The molecule has 0 aliphatic carbocycles. The number of hydrogen-bond donors (Lipinski definition) is 0. The van der Waals surface area contributed by atoms with Gasteiger partial charge in [-0.25, -0.2) is 4.98 Å². The monoisotopic (exact) mass is 627 g/mol. The second kappa shape index (κ2) is 10.7. The molecule has 0 saturated heterocycles. The summed E-state index contributed by atoms with van der Waals surface area (Å²) >= 11 is 0. The third kappa shape index (κ3) is 4.25. The number of nitrogens with zero attached hydrogens (tertiary/aromatic N) is 2. The fraction of sp³-hybridized carbons (Fsp3) is 0.159. The molecule has 3 heterocycles. The van der Waals surface area contributed by atoms with Crippen LogP contribution in [0.15, 0.2) is 124 Å². The van der Waals surface area contributed by atoms with Crippen LogP contribution in [0.25, 0.3) is 83.1 Å². The molecule has 3 aromatic heterocycles. The van der Waals surface area contributed by atoms with Gasteiger partial charge in [0.05, 0.1) is 22.3 Å². The molecule has 0 saturated carbocycles. The second-order valence-electron chi connectivity index (χ2n) is 13.4. The molecule has 234 valence electrons. The molecule has 0 atom stereocenters. The fourth-order valence-corrected chi connectivity index (χ4v) is 7.31. The van der Waals surface area contributed by atoms with Crippen molar-refractivity contribution in [2.75, 3.05) is 0 Å². The average Bonchev–Trinajstić information content (AvgIpc) is 3.84. The molecule has 4 nitrogen and oxygen atoms in total. The van der Waals surface area contributed by atoms with E-state index in [9.17, 15) is 0 Å². The van der Waals surface area contributed by atoms with Crippen LogP contribution in [0.1, 0.15) is 60.3 Å². The SMILES string of the molecule is [2H]C([2H])([2H])c1cccc2nc(-c3cccc4c3oc3c5ccccc5ccc43)n(-c3c(C(C)C)cc(-c4cc5ccccc5o4)cc3C(C)C)c12. The van der Waals surface area contributed by atoms with Crippen molar-refractivity contribution in [3.8, 4) is 28.4 Å². The Morgan fingerprint density at radius 3 is 2.12 bits per heavy atom. The number of imidazole rings is 1. The lowest BCUT2D eigenvalue weighted by molar-refractivity contribution is 0.631. The number of furan rings is 2. The molecule has 48 heavy (non-hydrogen) atoms. The molecule has 6 aromatic carbocycles. The first-order valence-corrected chi connectivity index (χ1v) is 16.6. The van der Waals surface area contributed by atoms with E-state index < -0.39 is 6.85 Å². The Labute approximate surface area is 283 Å². The Bertz CT molecular complexity index is 2750. The lowest BCUT2D eigenvalue weighted by atomic mass is 9.89. The highest BCUT2D eigenvalue weighted by atomic mass is 16.3. The number of para-hydroxylation sites is 3. The van der Waals surface area contributed by atoms with Crippen LogP contribution >= 0.6 is 0 Å². The summed E-state index contributed by atoms with van der Waals surface area (Å²) in [6, 6.07) is 38.6. The molecule has 0 N–H and O–H groups in total. The number of aryl methyl sites for hydroxylation is 1. The zero-order valence-corrected chi connectivity index (χ0v) is 27.3. The molecule has 0 spiro atoms. The predicted octanol–water partition coefficient (Wildman–Crippen LogP) is 12.7. The molecule has 0 aliphatic rings. The van der Waals surface area contributed by atoms with Gasteiger partial charge in [-0.2, -0.15) is 0 Å². The number of benzene rings is 6. The highest BCUT2D eigenvalue weighted by Gasteiger charge is 2.26. The molecule has 0 bridgehead atoms. The standard InChI is InChI=1S/C44H36N2O2/c1-25(2)35-22-30(39-24-29-14-7-9-19-38(29)47-39)23-36(26(3)4)41(35)46-40-27(5)12-10-18-37(40)45-44(46)34-17-11-16-32-33-21-20-28-13-6-8-15-31(28)42(33)48-43(32)34/h6-26H,1-5H3/i5D3. The fourth-order valence-electron chi connectivity index (χ4n) is 7.31. The number of rotatable bonds is 5. The summed E-state index contributed by atoms with van der Waals surface area (Å²) in [6.45, 7) is 6.35. The van der Waals surface area contributed by atoms with Gasteiger partial charge in [0.1, 0.15) is 28.3 Å². The Balaban J connectivity index is 1.41. The molecule has 9 rings (SSSR count). The number of aromatic nitrogens is 2. The highest BCUT2D eigenvalue weighted by molar-refractivity contribution is 6.17. The zero-order chi connectivity index (χ0) is 35.2. The van der Waals surface area contributed by atoms with Crippen molar-refractivity contribution >= 4 is 54.7 Å². The topological polar surface area (TPSA) is 44.1 Å². The summed E-state index contributed by atoms with van der Waals surface area (Å²) < 4.78 is 41.2. The van der Waals surface area contributed by atoms with E-state index in [0.717, 1.165) is 71.8 Å². The van der Waals surface area contributed by atoms with E-state index in [1.54, 1.807) is 12.1 Å². The van der Waals surface area contributed by atoms with Gasteiger partial charge < -0.3 is 8.83 Å². The Hall–Kier alpha value is -5.61. The molecular formula is C44H36N2O2. The van der Waals surface area contributed by atoms with Gasteiger partial charge in [0, 0.05) is 31.2 Å². The van der Waals surface area contributed by atoms with Gasteiger partial charge in [-0.05, 0) is 83.2 Å². The van der Waals surface area contributed by atoms with E-state index in [-0.39, 0.29) is 17.4 Å². The van der Waals surface area contributed by atoms with E-state index in [0.29, 0.717) is 22.4 Å². The van der Waals surface area contributed by atoms with Crippen molar-refractivity contribution in [2.24, 2.45) is 0 Å². The number of hydrogen-bond acceptors (Lipinski definition) is 3. The third-order valence-electron chi connectivity index (χ3n) is 9.65. The van der Waals surface area contributed by atoms with Gasteiger partial charge >= 0.3 is 0 Å².